The van der Waals surface area contributed by atoms with Crippen molar-refractivity contribution in [1.82, 2.24) is 15.0 Å². The van der Waals surface area contributed by atoms with E-state index < -0.39 is 12.2 Å². The van der Waals surface area contributed by atoms with Gasteiger partial charge >= 0.3 is 6.09 Å². The monoisotopic (exact) mass is 440 g/mol. The van der Waals surface area contributed by atoms with Crippen molar-refractivity contribution in [2.45, 2.75) is 13.0 Å². The van der Waals surface area contributed by atoms with Gasteiger partial charge in [-0.15, -0.1) is 5.10 Å². The second kappa shape index (κ2) is 8.27. The van der Waals surface area contributed by atoms with Crippen molar-refractivity contribution >= 4 is 40.8 Å². The van der Waals surface area contributed by atoms with Crippen LogP contribution in [0.1, 0.15) is 18.6 Å². The first-order valence-corrected chi connectivity index (χ1v) is 9.98. The molecule has 1 atom stereocenters. The molecule has 2 N–H and O–H groups in total. The van der Waals surface area contributed by atoms with Crippen LogP contribution < -0.4 is 15.5 Å². The van der Waals surface area contributed by atoms with Gasteiger partial charge in [-0.05, 0) is 25.1 Å². The molecular weight excluding hydrogens is 420 g/mol. The molecule has 0 spiro atoms. The number of hydrogen-bond donors (Lipinski definition) is 2. The van der Waals surface area contributed by atoms with E-state index in [1.54, 1.807) is 32.2 Å². The Morgan fingerprint density at radius 3 is 2.81 bits per heavy atom. The third kappa shape index (κ3) is 4.17. The summed E-state index contributed by atoms with van der Waals surface area (Å²) in [5.74, 6) is 0.318. The zero-order chi connectivity index (χ0) is 22.1. The number of aromatic nitrogens is 3. The molecule has 0 fully saturated rings. The third-order valence-corrected chi connectivity index (χ3v) is 5.36. The first kappa shape index (κ1) is 20.7. The lowest BCUT2D eigenvalue weighted by Crippen LogP contribution is -2.35. The van der Waals surface area contributed by atoms with Crippen molar-refractivity contribution in [1.29, 1.82) is 0 Å². The van der Waals surface area contributed by atoms with Gasteiger partial charge in [-0.2, -0.15) is 0 Å². The number of carbonyl (C=O) groups is 2. The molecule has 160 valence electrons. The fraction of sp³-hybridized carbons (Fsp3) is 0.238. The third-order valence-electron chi connectivity index (χ3n) is 5.01. The highest BCUT2D eigenvalue weighted by Crippen LogP contribution is 2.35. The van der Waals surface area contributed by atoms with Crippen LogP contribution in [-0.4, -0.2) is 40.6 Å². The summed E-state index contributed by atoms with van der Waals surface area (Å²) >= 11 is 6.19. The molecule has 2 amide bonds. The van der Waals surface area contributed by atoms with Gasteiger partial charge in [0, 0.05) is 30.2 Å². The van der Waals surface area contributed by atoms with Crippen LogP contribution in [0.3, 0.4) is 0 Å². The lowest BCUT2D eigenvalue weighted by atomic mass is 10.1. The van der Waals surface area contributed by atoms with Crippen molar-refractivity contribution in [3.63, 3.8) is 0 Å². The van der Waals surface area contributed by atoms with E-state index in [0.717, 1.165) is 11.3 Å². The Hall–Kier alpha value is -3.59. The summed E-state index contributed by atoms with van der Waals surface area (Å²) in [7, 11) is 3.51. The van der Waals surface area contributed by atoms with E-state index in [9.17, 15) is 9.59 Å². The molecule has 1 aliphatic rings. The van der Waals surface area contributed by atoms with Gasteiger partial charge in [-0.1, -0.05) is 41.1 Å². The number of fused-ring (bicyclic) bond motifs is 1. The van der Waals surface area contributed by atoms with Crippen molar-refractivity contribution in [3.05, 3.63) is 53.1 Å². The zero-order valence-corrected chi connectivity index (χ0v) is 18.0. The Morgan fingerprint density at radius 1 is 1.26 bits per heavy atom. The van der Waals surface area contributed by atoms with Crippen molar-refractivity contribution in [3.8, 4) is 11.3 Å². The Morgan fingerprint density at radius 2 is 2.03 bits per heavy atom. The van der Waals surface area contributed by atoms with Gasteiger partial charge in [0.1, 0.15) is 11.8 Å². The molecule has 2 aromatic carbocycles. The van der Waals surface area contributed by atoms with Gasteiger partial charge in [-0.25, -0.2) is 9.48 Å². The van der Waals surface area contributed by atoms with E-state index in [1.165, 1.54) is 4.68 Å². The van der Waals surface area contributed by atoms with Gasteiger partial charge in [0.05, 0.1) is 17.9 Å². The molecule has 0 saturated heterocycles. The number of aryl methyl sites for hydroxylation is 1. The van der Waals surface area contributed by atoms with Crippen LogP contribution in [0.4, 0.5) is 22.0 Å². The number of carbonyl (C=O) groups excluding carboxylic acids is 2. The summed E-state index contributed by atoms with van der Waals surface area (Å²) < 4.78 is 6.96. The highest BCUT2D eigenvalue weighted by Gasteiger charge is 2.23. The van der Waals surface area contributed by atoms with Gasteiger partial charge in [-0.3, -0.25) is 10.1 Å². The van der Waals surface area contributed by atoms with Gasteiger partial charge in [0.25, 0.3) is 0 Å². The molecule has 4 rings (SSSR count). The molecule has 0 unspecified atom stereocenters. The maximum atomic E-state index is 12.6. The second-order valence-corrected chi connectivity index (χ2v) is 7.65. The van der Waals surface area contributed by atoms with Crippen LogP contribution in [0.15, 0.2) is 42.5 Å². The molecule has 9 nitrogen and oxygen atoms in total. The smallest absolute Gasteiger partial charge is 0.413 e. The highest BCUT2D eigenvalue weighted by atomic mass is 35.5. The largest absolute Gasteiger partial charge is 0.441 e. The van der Waals surface area contributed by atoms with E-state index >= 15 is 0 Å². The summed E-state index contributed by atoms with van der Waals surface area (Å²) in [5.41, 5.74) is 3.50. The van der Waals surface area contributed by atoms with E-state index in [0.29, 0.717) is 27.8 Å². The lowest BCUT2D eigenvalue weighted by molar-refractivity contribution is -0.115. The van der Waals surface area contributed by atoms with Gasteiger partial charge in [0.15, 0.2) is 5.82 Å². The molecule has 1 aromatic heterocycles. The average Bonchev–Trinajstić information content (AvgIpc) is 3.08. The Kier molecular flexibility index (Phi) is 5.51. The zero-order valence-electron chi connectivity index (χ0n) is 17.2. The molecule has 2 heterocycles. The number of nitrogens with one attached hydrogen (secondary N) is 2. The summed E-state index contributed by atoms with van der Waals surface area (Å²) in [6, 6.07) is 12.7. The standard InChI is InChI=1S/C21H21ClN6O3/c1-12(14-6-4-5-7-15(14)22)31-21(30)24-20-19(25-26-28(20)3)13-8-9-16-17(10-13)27(2)11-18(29)23-16/h4-10,12H,11H2,1-3H3,(H,23,29)(H,24,30)/t12-/m1/s1. The Bertz CT molecular complexity index is 1160. The van der Waals surface area contributed by atoms with Gasteiger partial charge in [0.2, 0.25) is 5.91 Å². The van der Waals surface area contributed by atoms with Crippen LogP contribution in [0, 0.1) is 0 Å². The number of amides is 2. The minimum atomic E-state index is -0.651. The van der Waals surface area contributed by atoms with E-state index in [4.69, 9.17) is 16.3 Å². The number of hydrogen-bond acceptors (Lipinski definition) is 6. The van der Waals surface area contributed by atoms with E-state index in [-0.39, 0.29) is 12.5 Å². The van der Waals surface area contributed by atoms with Crippen LogP contribution in [-0.2, 0) is 16.6 Å². The summed E-state index contributed by atoms with van der Waals surface area (Å²) in [4.78, 5) is 26.1. The SMILES string of the molecule is C[C@@H](OC(=O)Nc1c(-c2ccc3c(c2)N(C)CC(=O)N3)nnn1C)c1ccccc1Cl. The predicted molar refractivity (Wildman–Crippen MR) is 118 cm³/mol. The summed E-state index contributed by atoms with van der Waals surface area (Å²) in [5, 5.41) is 14.3. The molecule has 3 aromatic rings. The predicted octanol–water partition coefficient (Wildman–Crippen LogP) is 3.83. The number of nitrogens with zero attached hydrogens (tertiary/aromatic N) is 4. The first-order valence-electron chi connectivity index (χ1n) is 9.60. The normalized spacial score (nSPS) is 13.9. The second-order valence-electron chi connectivity index (χ2n) is 7.24. The molecule has 10 heteroatoms. The quantitative estimate of drug-likeness (QED) is 0.639. The molecule has 0 saturated carbocycles. The van der Waals surface area contributed by atoms with Crippen LogP contribution >= 0.6 is 11.6 Å². The molecule has 31 heavy (non-hydrogen) atoms. The van der Waals surface area contributed by atoms with Crippen molar-refractivity contribution in [2.24, 2.45) is 7.05 Å². The fourth-order valence-corrected chi connectivity index (χ4v) is 3.73. The summed E-state index contributed by atoms with van der Waals surface area (Å²) in [6.07, 6.45) is -1.19. The number of ether oxygens (including phenoxy) is 1. The highest BCUT2D eigenvalue weighted by molar-refractivity contribution is 6.31. The minimum Gasteiger partial charge on any atom is -0.441 e. The lowest BCUT2D eigenvalue weighted by Gasteiger charge is -2.27. The van der Waals surface area contributed by atoms with Crippen molar-refractivity contribution < 1.29 is 14.3 Å². The number of rotatable bonds is 4. The molecular formula is C21H21ClN6O3. The molecule has 0 bridgehead atoms. The maximum absolute atomic E-state index is 12.6. The Balaban J connectivity index is 1.56. The minimum absolute atomic E-state index is 0.0695. The topological polar surface area (TPSA) is 101 Å². The molecule has 0 aliphatic carbocycles. The fourth-order valence-electron chi connectivity index (χ4n) is 3.44. The number of benzene rings is 2. The maximum Gasteiger partial charge on any atom is 0.413 e. The first-order chi connectivity index (χ1) is 14.8. The van der Waals surface area contributed by atoms with Crippen LogP contribution in [0.2, 0.25) is 5.02 Å². The Labute approximate surface area is 183 Å². The van der Waals surface area contributed by atoms with Crippen LogP contribution in [0.25, 0.3) is 11.3 Å². The number of likely N-dealkylation sites (N-methyl/N-ethyl adjacent to an activating group) is 1. The molecule has 0 radical (unpaired) electrons. The summed E-state index contributed by atoms with van der Waals surface area (Å²) in [6.45, 7) is 2.01. The van der Waals surface area contributed by atoms with Crippen molar-refractivity contribution in [2.75, 3.05) is 29.1 Å². The van der Waals surface area contributed by atoms with E-state index in [2.05, 4.69) is 20.9 Å². The average molecular weight is 441 g/mol. The molecule has 1 aliphatic heterocycles. The number of anilines is 3. The van der Waals surface area contributed by atoms with Crippen LogP contribution in [0.5, 0.6) is 0 Å². The van der Waals surface area contributed by atoms with E-state index in [1.807, 2.05) is 36.2 Å². The number of halogens is 1. The van der Waals surface area contributed by atoms with Gasteiger partial charge < -0.3 is 15.0 Å².